The number of hydrogen-bond acceptors (Lipinski definition) is 7. The first kappa shape index (κ1) is 15.3. The first-order valence-electron chi connectivity index (χ1n) is 5.80. The number of ether oxygens (including phenoxy) is 1. The summed E-state index contributed by atoms with van der Waals surface area (Å²) in [6.45, 7) is 1.64. The molecule has 0 spiro atoms. The molecule has 1 aromatic heterocycles. The molecule has 0 aromatic carbocycles. The molecule has 6 nitrogen and oxygen atoms in total. The van der Waals surface area contributed by atoms with Crippen molar-refractivity contribution in [2.75, 3.05) is 45.3 Å². The molecule has 0 fully saturated rings. The van der Waals surface area contributed by atoms with Gasteiger partial charge in [0.05, 0.1) is 12.8 Å². The number of anilines is 2. The second-order valence-electron chi connectivity index (χ2n) is 4.24. The van der Waals surface area contributed by atoms with E-state index in [1.807, 2.05) is 20.2 Å². The number of nitrogens with zero attached hydrogens (tertiary/aromatic N) is 2. The minimum absolute atomic E-state index is 0.189. The van der Waals surface area contributed by atoms with Crippen molar-refractivity contribution in [2.45, 2.75) is 6.42 Å². The van der Waals surface area contributed by atoms with Gasteiger partial charge in [-0.1, -0.05) is 0 Å². The summed E-state index contributed by atoms with van der Waals surface area (Å²) < 4.78 is 4.69. The van der Waals surface area contributed by atoms with Gasteiger partial charge in [0, 0.05) is 6.54 Å². The van der Waals surface area contributed by atoms with Crippen LogP contribution in [0.15, 0.2) is 0 Å². The molecule has 1 rings (SSSR count). The van der Waals surface area contributed by atoms with Crippen LogP contribution in [0.25, 0.3) is 0 Å². The molecule has 1 heterocycles. The topological polar surface area (TPSA) is 91.4 Å². The first-order chi connectivity index (χ1) is 9.01. The van der Waals surface area contributed by atoms with E-state index in [4.69, 9.17) is 15.7 Å². The highest BCUT2D eigenvalue weighted by Crippen LogP contribution is 2.35. The maximum absolute atomic E-state index is 11.7. The van der Waals surface area contributed by atoms with Crippen molar-refractivity contribution in [1.82, 2.24) is 4.90 Å². The molecule has 0 saturated heterocycles. The van der Waals surface area contributed by atoms with E-state index in [1.165, 1.54) is 18.4 Å². The number of hydrogen-bond donors (Lipinski definition) is 2. The Balaban J connectivity index is 2.82. The van der Waals surface area contributed by atoms with Gasteiger partial charge in [-0.05, 0) is 27.1 Å². The molecule has 0 saturated carbocycles. The van der Waals surface area contributed by atoms with Crippen LogP contribution in [0, 0.1) is 11.3 Å². The van der Waals surface area contributed by atoms with Gasteiger partial charge in [-0.3, -0.25) is 0 Å². The predicted octanol–water partition coefficient (Wildman–Crippen LogP) is 1.35. The Labute approximate surface area is 116 Å². The standard InChI is InChI=1S/C12H18N4O2S/c1-16(2)6-4-5-15-11-9(12(17)18-3)10(14)8(7-13)19-11/h15H,4-6,14H2,1-3H3. The Morgan fingerprint density at radius 2 is 2.26 bits per heavy atom. The zero-order valence-electron chi connectivity index (χ0n) is 11.3. The quantitative estimate of drug-likeness (QED) is 0.604. The Morgan fingerprint density at radius 1 is 1.58 bits per heavy atom. The van der Waals surface area contributed by atoms with Crippen LogP contribution in [0.3, 0.4) is 0 Å². The molecule has 3 N–H and O–H groups in total. The lowest BCUT2D eigenvalue weighted by molar-refractivity contribution is 0.0603. The van der Waals surface area contributed by atoms with Crippen molar-refractivity contribution in [3.63, 3.8) is 0 Å². The normalized spacial score (nSPS) is 10.3. The molecular weight excluding hydrogens is 264 g/mol. The maximum Gasteiger partial charge on any atom is 0.343 e. The summed E-state index contributed by atoms with van der Waals surface area (Å²) in [6, 6.07) is 1.98. The number of nitriles is 1. The second-order valence-corrected chi connectivity index (χ2v) is 5.26. The maximum atomic E-state index is 11.7. The lowest BCUT2D eigenvalue weighted by Crippen LogP contribution is -2.17. The number of nitrogens with two attached hydrogens (primary N) is 1. The van der Waals surface area contributed by atoms with Gasteiger partial charge in [0.15, 0.2) is 0 Å². The number of carbonyl (C=O) groups excluding carboxylic acids is 1. The van der Waals surface area contributed by atoms with Gasteiger partial charge >= 0.3 is 5.97 Å². The molecule has 1 aromatic rings. The van der Waals surface area contributed by atoms with E-state index in [2.05, 4.69) is 10.2 Å². The SMILES string of the molecule is COC(=O)c1c(NCCCN(C)C)sc(C#N)c1N. The molecule has 0 atom stereocenters. The number of nitrogens with one attached hydrogen (secondary N) is 1. The van der Waals surface area contributed by atoms with Crippen molar-refractivity contribution in [3.05, 3.63) is 10.4 Å². The van der Waals surface area contributed by atoms with Crippen LogP contribution in [0.2, 0.25) is 0 Å². The highest BCUT2D eigenvalue weighted by Gasteiger charge is 2.22. The monoisotopic (exact) mass is 282 g/mol. The van der Waals surface area contributed by atoms with E-state index < -0.39 is 5.97 Å². The third-order valence-electron chi connectivity index (χ3n) is 2.50. The summed E-state index contributed by atoms with van der Waals surface area (Å²) in [5.74, 6) is -0.523. The fourth-order valence-electron chi connectivity index (χ4n) is 1.55. The van der Waals surface area contributed by atoms with Crippen LogP contribution in [0.4, 0.5) is 10.7 Å². The molecule has 0 radical (unpaired) electrons. The number of rotatable bonds is 6. The third-order valence-corrected chi connectivity index (χ3v) is 3.57. The highest BCUT2D eigenvalue weighted by atomic mass is 32.1. The van der Waals surface area contributed by atoms with Crippen molar-refractivity contribution in [2.24, 2.45) is 0 Å². The predicted molar refractivity (Wildman–Crippen MR) is 76.4 cm³/mol. The molecule has 0 bridgehead atoms. The van der Waals surface area contributed by atoms with Crippen molar-refractivity contribution in [3.8, 4) is 6.07 Å². The van der Waals surface area contributed by atoms with E-state index in [1.54, 1.807) is 0 Å². The molecule has 0 unspecified atom stereocenters. The van der Waals surface area contributed by atoms with Gasteiger partial charge in [0.25, 0.3) is 0 Å². The van der Waals surface area contributed by atoms with Crippen LogP contribution in [0.5, 0.6) is 0 Å². The molecular formula is C12H18N4O2S. The Hall–Kier alpha value is -1.78. The van der Waals surface area contributed by atoms with E-state index in [9.17, 15) is 4.79 Å². The number of thiophene rings is 1. The molecule has 7 heteroatoms. The molecule has 0 aliphatic carbocycles. The number of methoxy groups -OCH3 is 1. The average Bonchev–Trinajstić information content (AvgIpc) is 2.70. The van der Waals surface area contributed by atoms with Crippen molar-refractivity contribution >= 4 is 28.0 Å². The van der Waals surface area contributed by atoms with Gasteiger partial charge in [-0.25, -0.2) is 4.79 Å². The van der Waals surface area contributed by atoms with E-state index in [0.29, 0.717) is 16.4 Å². The van der Waals surface area contributed by atoms with Crippen LogP contribution < -0.4 is 11.1 Å². The second kappa shape index (κ2) is 6.97. The molecule has 0 amide bonds. The van der Waals surface area contributed by atoms with E-state index >= 15 is 0 Å². The number of nitrogen functional groups attached to an aromatic ring is 1. The van der Waals surface area contributed by atoms with Crippen molar-refractivity contribution in [1.29, 1.82) is 5.26 Å². The van der Waals surface area contributed by atoms with Gasteiger partial charge < -0.3 is 20.7 Å². The molecule has 0 aliphatic heterocycles. The molecule has 19 heavy (non-hydrogen) atoms. The Bertz CT molecular complexity index is 491. The third kappa shape index (κ3) is 3.84. The smallest absolute Gasteiger partial charge is 0.343 e. The van der Waals surface area contributed by atoms with Crippen LogP contribution >= 0.6 is 11.3 Å². The summed E-state index contributed by atoms with van der Waals surface area (Å²) >= 11 is 1.18. The largest absolute Gasteiger partial charge is 0.465 e. The summed E-state index contributed by atoms with van der Waals surface area (Å²) in [7, 11) is 5.29. The van der Waals surface area contributed by atoms with Crippen LogP contribution in [0.1, 0.15) is 21.7 Å². The summed E-state index contributed by atoms with van der Waals surface area (Å²) in [5, 5.41) is 12.7. The average molecular weight is 282 g/mol. The summed E-state index contributed by atoms with van der Waals surface area (Å²) in [4.78, 5) is 14.1. The van der Waals surface area contributed by atoms with Gasteiger partial charge in [0.2, 0.25) is 0 Å². The fourth-order valence-corrected chi connectivity index (χ4v) is 2.48. The van der Waals surface area contributed by atoms with E-state index in [-0.39, 0.29) is 11.3 Å². The Kier molecular flexibility index (Phi) is 5.60. The molecule has 104 valence electrons. The van der Waals surface area contributed by atoms with Gasteiger partial charge in [-0.15, -0.1) is 11.3 Å². The highest BCUT2D eigenvalue weighted by molar-refractivity contribution is 7.17. The zero-order valence-corrected chi connectivity index (χ0v) is 12.1. The Morgan fingerprint density at radius 3 is 2.79 bits per heavy atom. The van der Waals surface area contributed by atoms with Crippen LogP contribution in [-0.4, -0.2) is 45.2 Å². The summed E-state index contributed by atoms with van der Waals surface area (Å²) in [6.07, 6.45) is 0.924. The van der Waals surface area contributed by atoms with Gasteiger partial charge in [-0.2, -0.15) is 5.26 Å². The van der Waals surface area contributed by atoms with Gasteiger partial charge in [0.1, 0.15) is 21.5 Å². The van der Waals surface area contributed by atoms with Crippen molar-refractivity contribution < 1.29 is 9.53 Å². The zero-order chi connectivity index (χ0) is 14.4. The number of esters is 1. The minimum Gasteiger partial charge on any atom is -0.465 e. The molecule has 0 aliphatic rings. The summed E-state index contributed by atoms with van der Waals surface area (Å²) in [5.41, 5.74) is 6.23. The number of carbonyl (C=O) groups is 1. The minimum atomic E-state index is -0.523. The van der Waals surface area contributed by atoms with E-state index in [0.717, 1.165) is 13.0 Å². The lowest BCUT2D eigenvalue weighted by atomic mass is 10.2. The first-order valence-corrected chi connectivity index (χ1v) is 6.62. The lowest BCUT2D eigenvalue weighted by Gasteiger charge is -2.10. The van der Waals surface area contributed by atoms with Crippen LogP contribution in [-0.2, 0) is 4.74 Å². The fraction of sp³-hybridized carbons (Fsp3) is 0.500.